The summed E-state index contributed by atoms with van der Waals surface area (Å²) in [6.07, 6.45) is 4.78. The average molecular weight is 331 g/mol. The highest BCUT2D eigenvalue weighted by Gasteiger charge is 2.37. The van der Waals surface area contributed by atoms with Gasteiger partial charge in [-0.15, -0.1) is 12.4 Å². The Hall–Kier alpha value is -0.770. The van der Waals surface area contributed by atoms with Crippen molar-refractivity contribution in [2.24, 2.45) is 11.7 Å². The summed E-state index contributed by atoms with van der Waals surface area (Å²) >= 11 is 6.10. The number of carbonyl (C=O) groups is 1. The predicted molar refractivity (Wildman–Crippen MR) is 90.0 cm³/mol. The number of hydrogen-bond donors (Lipinski definition) is 2. The third kappa shape index (κ3) is 4.87. The molecule has 0 heterocycles. The Kier molecular flexibility index (Phi) is 6.98. The molecular formula is C16H24Cl2N2O. The molecule has 21 heavy (non-hydrogen) atoms. The second-order valence-corrected chi connectivity index (χ2v) is 6.34. The molecule has 5 heteroatoms. The standard InChI is InChI=1S/C16H23ClN2O.ClH/c1-16(18)10-5-4-7-13(16)15(20)19-11-9-12-6-2-3-8-14(12)17;/h2-3,6,8,13H,4-5,7,9-11,18H2,1H3,(H,19,20);1H. The van der Waals surface area contributed by atoms with Crippen LogP contribution in [0.15, 0.2) is 24.3 Å². The first-order valence-electron chi connectivity index (χ1n) is 7.31. The van der Waals surface area contributed by atoms with E-state index in [0.717, 1.165) is 42.7 Å². The maximum atomic E-state index is 12.3. The molecule has 0 bridgehead atoms. The molecule has 0 saturated heterocycles. The van der Waals surface area contributed by atoms with Gasteiger partial charge >= 0.3 is 0 Å². The highest BCUT2D eigenvalue weighted by atomic mass is 35.5. The summed E-state index contributed by atoms with van der Waals surface area (Å²) in [7, 11) is 0. The van der Waals surface area contributed by atoms with E-state index in [4.69, 9.17) is 17.3 Å². The molecule has 0 spiro atoms. The van der Waals surface area contributed by atoms with Crippen molar-refractivity contribution >= 4 is 29.9 Å². The Bertz CT molecular complexity index is 477. The lowest BCUT2D eigenvalue weighted by Gasteiger charge is -2.37. The number of hydrogen-bond acceptors (Lipinski definition) is 2. The molecule has 3 nitrogen and oxygen atoms in total. The summed E-state index contributed by atoms with van der Waals surface area (Å²) in [6, 6.07) is 7.73. The molecule has 1 saturated carbocycles. The van der Waals surface area contributed by atoms with Crippen molar-refractivity contribution in [1.82, 2.24) is 5.32 Å². The van der Waals surface area contributed by atoms with Gasteiger partial charge in [0.2, 0.25) is 5.91 Å². The van der Waals surface area contributed by atoms with Crippen molar-refractivity contribution in [3.63, 3.8) is 0 Å². The van der Waals surface area contributed by atoms with Crippen LogP contribution in [0.1, 0.15) is 38.2 Å². The first kappa shape index (κ1) is 18.3. The van der Waals surface area contributed by atoms with E-state index in [-0.39, 0.29) is 29.8 Å². The van der Waals surface area contributed by atoms with Gasteiger partial charge in [-0.2, -0.15) is 0 Å². The van der Waals surface area contributed by atoms with Crippen LogP contribution in [0, 0.1) is 5.92 Å². The molecule has 3 N–H and O–H groups in total. The lowest BCUT2D eigenvalue weighted by atomic mass is 9.74. The lowest BCUT2D eigenvalue weighted by molar-refractivity contribution is -0.128. The summed E-state index contributed by atoms with van der Waals surface area (Å²) in [5.74, 6) is 0.0178. The van der Waals surface area contributed by atoms with Crippen LogP contribution in [-0.4, -0.2) is 18.0 Å². The van der Waals surface area contributed by atoms with Crippen LogP contribution >= 0.6 is 24.0 Å². The summed E-state index contributed by atoms with van der Waals surface area (Å²) in [4.78, 5) is 12.3. The molecule has 2 rings (SSSR count). The quantitative estimate of drug-likeness (QED) is 0.889. The van der Waals surface area contributed by atoms with Gasteiger partial charge in [0.15, 0.2) is 0 Å². The van der Waals surface area contributed by atoms with Gasteiger partial charge in [-0.1, -0.05) is 42.6 Å². The zero-order valence-corrected chi connectivity index (χ0v) is 14.0. The minimum atomic E-state index is -0.368. The number of rotatable bonds is 4. The largest absolute Gasteiger partial charge is 0.355 e. The van der Waals surface area contributed by atoms with E-state index in [1.54, 1.807) is 0 Å². The van der Waals surface area contributed by atoms with Gasteiger partial charge in [0.1, 0.15) is 0 Å². The Morgan fingerprint density at radius 3 is 2.81 bits per heavy atom. The molecule has 0 radical (unpaired) electrons. The molecule has 1 aromatic rings. The molecule has 1 aliphatic rings. The van der Waals surface area contributed by atoms with Crippen molar-refractivity contribution in [3.8, 4) is 0 Å². The van der Waals surface area contributed by atoms with Crippen LogP contribution in [-0.2, 0) is 11.2 Å². The zero-order chi connectivity index (χ0) is 14.6. The number of nitrogens with one attached hydrogen (secondary N) is 1. The normalized spacial score (nSPS) is 25.0. The molecule has 1 aromatic carbocycles. The van der Waals surface area contributed by atoms with E-state index in [2.05, 4.69) is 5.32 Å². The number of amides is 1. The Balaban J connectivity index is 0.00000220. The van der Waals surface area contributed by atoms with E-state index >= 15 is 0 Å². The van der Waals surface area contributed by atoms with Gasteiger partial charge in [0, 0.05) is 17.1 Å². The minimum absolute atomic E-state index is 0. The molecule has 1 amide bonds. The fourth-order valence-corrected chi connectivity index (χ4v) is 3.16. The molecule has 2 atom stereocenters. The van der Waals surface area contributed by atoms with E-state index < -0.39 is 0 Å². The van der Waals surface area contributed by atoms with E-state index in [1.807, 2.05) is 31.2 Å². The maximum absolute atomic E-state index is 12.3. The van der Waals surface area contributed by atoms with Crippen LogP contribution in [0.25, 0.3) is 0 Å². The van der Waals surface area contributed by atoms with Crippen molar-refractivity contribution in [1.29, 1.82) is 0 Å². The third-order valence-electron chi connectivity index (χ3n) is 4.22. The second-order valence-electron chi connectivity index (χ2n) is 5.94. The minimum Gasteiger partial charge on any atom is -0.355 e. The molecular weight excluding hydrogens is 307 g/mol. The predicted octanol–water partition coefficient (Wildman–Crippen LogP) is 3.33. The van der Waals surface area contributed by atoms with Crippen LogP contribution in [0.3, 0.4) is 0 Å². The number of carbonyl (C=O) groups excluding carboxylic acids is 1. The van der Waals surface area contributed by atoms with Gasteiger partial charge in [-0.05, 0) is 37.8 Å². The van der Waals surface area contributed by atoms with Crippen molar-refractivity contribution in [2.45, 2.75) is 44.6 Å². The monoisotopic (exact) mass is 330 g/mol. The van der Waals surface area contributed by atoms with E-state index in [1.165, 1.54) is 0 Å². The van der Waals surface area contributed by atoms with Crippen LogP contribution in [0.4, 0.5) is 0 Å². The van der Waals surface area contributed by atoms with Crippen LogP contribution in [0.2, 0.25) is 5.02 Å². The van der Waals surface area contributed by atoms with Crippen molar-refractivity contribution in [2.75, 3.05) is 6.54 Å². The number of nitrogens with two attached hydrogens (primary N) is 1. The first-order valence-corrected chi connectivity index (χ1v) is 7.68. The van der Waals surface area contributed by atoms with E-state index in [0.29, 0.717) is 6.54 Å². The smallest absolute Gasteiger partial charge is 0.224 e. The highest BCUT2D eigenvalue weighted by Crippen LogP contribution is 2.31. The molecule has 118 valence electrons. The third-order valence-corrected chi connectivity index (χ3v) is 4.59. The number of halogens is 2. The van der Waals surface area contributed by atoms with E-state index in [9.17, 15) is 4.79 Å². The Morgan fingerprint density at radius 1 is 1.43 bits per heavy atom. The molecule has 0 aromatic heterocycles. The highest BCUT2D eigenvalue weighted by molar-refractivity contribution is 6.31. The van der Waals surface area contributed by atoms with Crippen LogP contribution < -0.4 is 11.1 Å². The summed E-state index contributed by atoms with van der Waals surface area (Å²) in [5.41, 5.74) is 6.94. The van der Waals surface area contributed by atoms with Gasteiger partial charge < -0.3 is 11.1 Å². The maximum Gasteiger partial charge on any atom is 0.224 e. The Labute approximate surface area is 138 Å². The molecule has 1 fully saturated rings. The number of benzene rings is 1. The molecule has 2 unspecified atom stereocenters. The lowest BCUT2D eigenvalue weighted by Crippen LogP contribution is -2.53. The first-order chi connectivity index (χ1) is 9.50. The zero-order valence-electron chi connectivity index (χ0n) is 12.4. The fourth-order valence-electron chi connectivity index (χ4n) is 2.93. The van der Waals surface area contributed by atoms with Crippen molar-refractivity contribution < 1.29 is 4.79 Å². The van der Waals surface area contributed by atoms with Crippen LogP contribution in [0.5, 0.6) is 0 Å². The second kappa shape index (κ2) is 8.02. The van der Waals surface area contributed by atoms with Gasteiger partial charge in [0.05, 0.1) is 5.92 Å². The van der Waals surface area contributed by atoms with Gasteiger partial charge in [-0.25, -0.2) is 0 Å². The van der Waals surface area contributed by atoms with Gasteiger partial charge in [-0.3, -0.25) is 4.79 Å². The topological polar surface area (TPSA) is 55.1 Å². The summed E-state index contributed by atoms with van der Waals surface area (Å²) < 4.78 is 0. The Morgan fingerprint density at radius 2 is 2.14 bits per heavy atom. The van der Waals surface area contributed by atoms with Gasteiger partial charge in [0.25, 0.3) is 0 Å². The average Bonchev–Trinajstić information content (AvgIpc) is 2.40. The SMILES string of the molecule is CC1(N)CCCCC1C(=O)NCCc1ccccc1Cl.Cl. The fraction of sp³-hybridized carbons (Fsp3) is 0.562. The summed E-state index contributed by atoms with van der Waals surface area (Å²) in [6.45, 7) is 2.60. The van der Waals surface area contributed by atoms with Crippen molar-refractivity contribution in [3.05, 3.63) is 34.9 Å². The summed E-state index contributed by atoms with van der Waals surface area (Å²) in [5, 5.41) is 3.76. The molecule has 0 aliphatic heterocycles. The molecule has 1 aliphatic carbocycles.